The van der Waals surface area contributed by atoms with Crippen molar-refractivity contribution in [3.05, 3.63) is 75.3 Å². The second-order valence-corrected chi connectivity index (χ2v) is 5.14. The summed E-state index contributed by atoms with van der Waals surface area (Å²) in [6.45, 7) is 0. The summed E-state index contributed by atoms with van der Waals surface area (Å²) >= 11 is 0. The highest BCUT2D eigenvalue weighted by Gasteiger charge is 2.66. The molecule has 5 nitrogen and oxygen atoms in total. The van der Waals surface area contributed by atoms with Crippen molar-refractivity contribution >= 4 is 17.8 Å². The number of hydrogen-bond donors (Lipinski definition) is 0. The number of halogens is 3. The van der Waals surface area contributed by atoms with Gasteiger partial charge in [0.1, 0.15) is 0 Å². The van der Waals surface area contributed by atoms with Crippen molar-refractivity contribution in [1.82, 2.24) is 0 Å². The van der Waals surface area contributed by atoms with E-state index in [-0.39, 0.29) is 11.1 Å². The SMILES string of the molecule is O=[N+]([O-])c1ccc(C=Cc2ccccc2)c(C2(C(F)(F)F)N=N2)c1. The maximum Gasteiger partial charge on any atom is 0.442 e. The fourth-order valence-electron chi connectivity index (χ4n) is 2.28. The summed E-state index contributed by atoms with van der Waals surface area (Å²) in [5.74, 6) is 0. The van der Waals surface area contributed by atoms with E-state index >= 15 is 0 Å². The summed E-state index contributed by atoms with van der Waals surface area (Å²) in [6.07, 6.45) is -1.67. The van der Waals surface area contributed by atoms with Gasteiger partial charge in [0, 0.05) is 17.7 Å². The predicted molar refractivity (Wildman–Crippen MR) is 81.1 cm³/mol. The highest BCUT2D eigenvalue weighted by molar-refractivity contribution is 5.73. The molecule has 0 bridgehead atoms. The largest absolute Gasteiger partial charge is 0.442 e. The predicted octanol–water partition coefficient (Wildman–Crippen LogP) is 4.95. The Morgan fingerprint density at radius 2 is 1.71 bits per heavy atom. The van der Waals surface area contributed by atoms with Crippen LogP contribution in [0, 0.1) is 10.1 Å². The molecule has 8 heteroatoms. The van der Waals surface area contributed by atoms with E-state index in [0.717, 1.165) is 17.7 Å². The summed E-state index contributed by atoms with van der Waals surface area (Å²) in [7, 11) is 0. The average molecular weight is 333 g/mol. The van der Waals surface area contributed by atoms with E-state index in [1.165, 1.54) is 12.1 Å². The Labute approximate surface area is 134 Å². The van der Waals surface area contributed by atoms with Gasteiger partial charge >= 0.3 is 11.8 Å². The van der Waals surface area contributed by atoms with Gasteiger partial charge in [-0.15, -0.1) is 10.2 Å². The van der Waals surface area contributed by atoms with Crippen LogP contribution in [-0.4, -0.2) is 11.1 Å². The average Bonchev–Trinajstić information content (AvgIpc) is 3.35. The van der Waals surface area contributed by atoms with Crippen LogP contribution in [0.4, 0.5) is 18.9 Å². The number of nitro groups is 1. The Balaban J connectivity index is 2.07. The highest BCUT2D eigenvalue weighted by atomic mass is 19.4. The topological polar surface area (TPSA) is 67.9 Å². The van der Waals surface area contributed by atoms with Gasteiger partial charge in [-0.05, 0) is 17.2 Å². The minimum atomic E-state index is -4.75. The molecule has 0 amide bonds. The lowest BCUT2D eigenvalue weighted by Gasteiger charge is -2.16. The van der Waals surface area contributed by atoms with Crippen molar-refractivity contribution in [2.24, 2.45) is 10.2 Å². The van der Waals surface area contributed by atoms with Crippen molar-refractivity contribution in [2.45, 2.75) is 11.8 Å². The third-order valence-electron chi connectivity index (χ3n) is 3.57. The van der Waals surface area contributed by atoms with Crippen LogP contribution in [0.3, 0.4) is 0 Å². The van der Waals surface area contributed by atoms with Gasteiger partial charge in [-0.25, -0.2) is 0 Å². The third-order valence-corrected chi connectivity index (χ3v) is 3.57. The molecule has 0 unspecified atom stereocenters. The maximum atomic E-state index is 13.3. The zero-order valence-corrected chi connectivity index (χ0v) is 12.1. The molecule has 1 heterocycles. The van der Waals surface area contributed by atoms with E-state index in [2.05, 4.69) is 10.2 Å². The van der Waals surface area contributed by atoms with Crippen molar-refractivity contribution in [3.63, 3.8) is 0 Å². The van der Waals surface area contributed by atoms with Gasteiger partial charge < -0.3 is 0 Å². The number of rotatable bonds is 4. The number of nitrogens with zero attached hydrogens (tertiary/aromatic N) is 3. The second-order valence-electron chi connectivity index (χ2n) is 5.14. The quantitative estimate of drug-likeness (QED) is 0.451. The van der Waals surface area contributed by atoms with Crippen LogP contribution in [-0.2, 0) is 5.66 Å². The molecular weight excluding hydrogens is 323 g/mol. The van der Waals surface area contributed by atoms with Gasteiger partial charge in [0.2, 0.25) is 0 Å². The van der Waals surface area contributed by atoms with Crippen molar-refractivity contribution < 1.29 is 18.1 Å². The lowest BCUT2D eigenvalue weighted by atomic mass is 9.95. The first kappa shape index (κ1) is 15.9. The van der Waals surface area contributed by atoms with Crippen LogP contribution in [0.15, 0.2) is 58.8 Å². The fraction of sp³-hybridized carbons (Fsp3) is 0.125. The summed E-state index contributed by atoms with van der Waals surface area (Å²) in [5.41, 5.74) is -2.55. The lowest BCUT2D eigenvalue weighted by molar-refractivity contribution is -0.385. The minimum absolute atomic E-state index is 0.173. The Bertz CT molecular complexity index is 839. The Morgan fingerprint density at radius 3 is 2.25 bits per heavy atom. The van der Waals surface area contributed by atoms with Gasteiger partial charge in [0.05, 0.1) is 4.92 Å². The first-order valence-corrected chi connectivity index (χ1v) is 6.86. The molecule has 2 aromatic rings. The zero-order chi connectivity index (χ0) is 17.4. The Kier molecular flexibility index (Phi) is 3.67. The molecule has 0 fully saturated rings. The smallest absolute Gasteiger partial charge is 0.258 e. The number of non-ortho nitro benzene ring substituents is 1. The third kappa shape index (κ3) is 2.78. The molecule has 24 heavy (non-hydrogen) atoms. The number of benzene rings is 2. The van der Waals surface area contributed by atoms with E-state index in [1.807, 2.05) is 6.07 Å². The molecule has 0 atom stereocenters. The molecule has 2 aromatic carbocycles. The van der Waals surface area contributed by atoms with Crippen LogP contribution < -0.4 is 0 Å². The van der Waals surface area contributed by atoms with E-state index in [9.17, 15) is 23.3 Å². The van der Waals surface area contributed by atoms with Gasteiger partial charge in [-0.2, -0.15) is 13.2 Å². The van der Waals surface area contributed by atoms with Crippen LogP contribution in [0.5, 0.6) is 0 Å². The highest BCUT2D eigenvalue weighted by Crippen LogP contribution is 2.54. The van der Waals surface area contributed by atoms with E-state index in [1.54, 1.807) is 30.3 Å². The van der Waals surface area contributed by atoms with Crippen LogP contribution in [0.2, 0.25) is 0 Å². The molecule has 0 radical (unpaired) electrons. The summed E-state index contributed by atoms with van der Waals surface area (Å²) in [6, 6.07) is 12.3. The van der Waals surface area contributed by atoms with Gasteiger partial charge in [-0.1, -0.05) is 42.5 Å². The van der Waals surface area contributed by atoms with Crippen molar-refractivity contribution in [2.75, 3.05) is 0 Å². The van der Waals surface area contributed by atoms with Crippen LogP contribution in [0.25, 0.3) is 12.2 Å². The van der Waals surface area contributed by atoms with Crippen LogP contribution in [0.1, 0.15) is 16.7 Å². The van der Waals surface area contributed by atoms with Gasteiger partial charge in [-0.3, -0.25) is 10.1 Å². The standard InChI is InChI=1S/C16H10F3N3O2/c17-16(18,19)15(20-21-15)14-10-13(22(23)24)9-8-12(14)7-6-11-4-2-1-3-5-11/h1-10H. The molecule has 122 valence electrons. The molecule has 3 rings (SSSR count). The van der Waals surface area contributed by atoms with E-state index < -0.39 is 22.4 Å². The zero-order valence-electron chi connectivity index (χ0n) is 12.1. The molecular formula is C16H10F3N3O2. The first-order chi connectivity index (χ1) is 11.3. The Hall–Kier alpha value is -3.03. The number of hydrogen-bond acceptors (Lipinski definition) is 4. The van der Waals surface area contributed by atoms with Gasteiger partial charge in [0.25, 0.3) is 5.69 Å². The molecule has 1 aliphatic heterocycles. The molecule has 0 saturated carbocycles. The second kappa shape index (κ2) is 5.55. The normalized spacial score (nSPS) is 15.6. The molecule has 0 spiro atoms. The van der Waals surface area contributed by atoms with Crippen molar-refractivity contribution in [1.29, 1.82) is 0 Å². The molecule has 0 aliphatic carbocycles. The molecule has 0 saturated heterocycles. The number of alkyl halides is 3. The fourth-order valence-corrected chi connectivity index (χ4v) is 2.28. The first-order valence-electron chi connectivity index (χ1n) is 6.86. The molecule has 0 N–H and O–H groups in total. The minimum Gasteiger partial charge on any atom is -0.258 e. The van der Waals surface area contributed by atoms with E-state index in [0.29, 0.717) is 0 Å². The summed E-state index contributed by atoms with van der Waals surface area (Å²) < 4.78 is 39.8. The lowest BCUT2D eigenvalue weighted by Crippen LogP contribution is -2.30. The van der Waals surface area contributed by atoms with Crippen molar-refractivity contribution in [3.8, 4) is 0 Å². The summed E-state index contributed by atoms with van der Waals surface area (Å²) in [5, 5.41) is 17.2. The number of nitro benzene ring substituents is 1. The molecule has 1 aliphatic rings. The van der Waals surface area contributed by atoms with E-state index in [4.69, 9.17) is 0 Å². The Morgan fingerprint density at radius 1 is 1.04 bits per heavy atom. The van der Waals surface area contributed by atoms with Gasteiger partial charge in [0.15, 0.2) is 0 Å². The molecule has 0 aromatic heterocycles. The summed E-state index contributed by atoms with van der Waals surface area (Å²) in [4.78, 5) is 10.1. The van der Waals surface area contributed by atoms with Crippen LogP contribution >= 0.6 is 0 Å². The monoisotopic (exact) mass is 333 g/mol. The maximum absolute atomic E-state index is 13.3.